The largest absolute Gasteiger partial charge is 0.342 e. The zero-order valence-corrected chi connectivity index (χ0v) is 11.2. The number of carbonyl (C=O) groups is 2. The number of amides is 2. The van der Waals surface area contributed by atoms with E-state index in [1.165, 1.54) is 0 Å². The van der Waals surface area contributed by atoms with Gasteiger partial charge in [-0.25, -0.2) is 0 Å². The summed E-state index contributed by atoms with van der Waals surface area (Å²) in [6, 6.07) is 0. The van der Waals surface area contributed by atoms with Crippen molar-refractivity contribution in [2.24, 2.45) is 0 Å². The Labute approximate surface area is 104 Å². The monoisotopic (exact) mass is 240 g/mol. The van der Waals surface area contributed by atoms with Crippen molar-refractivity contribution < 1.29 is 9.59 Å². The van der Waals surface area contributed by atoms with Gasteiger partial charge >= 0.3 is 0 Å². The number of unbranched alkanes of at least 4 members (excludes halogenated alkanes) is 2. The lowest BCUT2D eigenvalue weighted by Crippen LogP contribution is -2.54. The van der Waals surface area contributed by atoms with Gasteiger partial charge in [0, 0.05) is 19.5 Å². The summed E-state index contributed by atoms with van der Waals surface area (Å²) in [5.74, 6) is 0.0580. The molecule has 1 fully saturated rings. The summed E-state index contributed by atoms with van der Waals surface area (Å²) >= 11 is 0. The fraction of sp³-hybridized carbons (Fsp3) is 0.846. The van der Waals surface area contributed by atoms with E-state index in [9.17, 15) is 9.59 Å². The van der Waals surface area contributed by atoms with E-state index in [-0.39, 0.29) is 11.8 Å². The highest BCUT2D eigenvalue weighted by molar-refractivity contribution is 5.93. The topological polar surface area (TPSA) is 49.4 Å². The van der Waals surface area contributed by atoms with Crippen LogP contribution in [0.15, 0.2) is 0 Å². The predicted molar refractivity (Wildman–Crippen MR) is 67.6 cm³/mol. The van der Waals surface area contributed by atoms with Gasteiger partial charge in [-0.3, -0.25) is 9.59 Å². The van der Waals surface area contributed by atoms with Gasteiger partial charge in [0.15, 0.2) is 0 Å². The van der Waals surface area contributed by atoms with Crippen LogP contribution in [0.25, 0.3) is 0 Å². The van der Waals surface area contributed by atoms with E-state index in [1.807, 2.05) is 18.7 Å². The molecular weight excluding hydrogens is 216 g/mol. The van der Waals surface area contributed by atoms with E-state index < -0.39 is 5.54 Å². The van der Waals surface area contributed by atoms with Gasteiger partial charge in [-0.15, -0.1) is 0 Å². The maximum atomic E-state index is 12.3. The van der Waals surface area contributed by atoms with Crippen molar-refractivity contribution in [3.05, 3.63) is 0 Å². The Morgan fingerprint density at radius 3 is 2.59 bits per heavy atom. The van der Waals surface area contributed by atoms with Crippen molar-refractivity contribution >= 4 is 11.8 Å². The highest BCUT2D eigenvalue weighted by Crippen LogP contribution is 2.18. The zero-order valence-electron chi connectivity index (χ0n) is 11.2. The molecule has 0 saturated carbocycles. The van der Waals surface area contributed by atoms with Crippen LogP contribution in [0.4, 0.5) is 0 Å². The summed E-state index contributed by atoms with van der Waals surface area (Å²) in [4.78, 5) is 25.8. The lowest BCUT2D eigenvalue weighted by molar-refractivity contribution is -0.138. The second-order valence-corrected chi connectivity index (χ2v) is 4.98. The molecule has 0 aromatic carbocycles. The zero-order chi connectivity index (χ0) is 12.9. The molecule has 2 amide bonds. The molecule has 17 heavy (non-hydrogen) atoms. The molecule has 1 aliphatic rings. The first kappa shape index (κ1) is 14.0. The van der Waals surface area contributed by atoms with Crippen LogP contribution < -0.4 is 5.32 Å². The molecule has 1 rings (SSSR count). The van der Waals surface area contributed by atoms with Gasteiger partial charge < -0.3 is 10.2 Å². The van der Waals surface area contributed by atoms with Crippen molar-refractivity contribution in [2.45, 2.75) is 58.4 Å². The van der Waals surface area contributed by atoms with Gasteiger partial charge in [0.25, 0.3) is 0 Å². The van der Waals surface area contributed by atoms with Gasteiger partial charge in [-0.05, 0) is 19.8 Å². The Balaban J connectivity index is 2.70. The molecule has 0 aromatic heterocycles. The standard InChI is InChI=1S/C13H24N2O2/c1-4-6-7-9-15-10-8-11(16)14-13(3,5-2)12(15)17/h4-10H2,1-3H3,(H,14,16). The molecule has 1 heterocycles. The summed E-state index contributed by atoms with van der Waals surface area (Å²) < 4.78 is 0. The number of nitrogens with zero attached hydrogens (tertiary/aromatic N) is 1. The molecule has 1 aliphatic heterocycles. The average molecular weight is 240 g/mol. The van der Waals surface area contributed by atoms with Crippen LogP contribution in [0.3, 0.4) is 0 Å². The summed E-state index contributed by atoms with van der Waals surface area (Å²) in [7, 11) is 0. The van der Waals surface area contributed by atoms with Crippen LogP contribution in [0.5, 0.6) is 0 Å². The minimum Gasteiger partial charge on any atom is -0.342 e. The molecule has 1 unspecified atom stereocenters. The van der Waals surface area contributed by atoms with E-state index in [0.717, 1.165) is 25.8 Å². The minimum absolute atomic E-state index is 0.0132. The SMILES string of the molecule is CCCCCN1CCC(=O)NC(C)(CC)C1=O. The lowest BCUT2D eigenvalue weighted by atomic mass is 9.97. The van der Waals surface area contributed by atoms with Crippen LogP contribution in [-0.2, 0) is 9.59 Å². The van der Waals surface area contributed by atoms with E-state index in [1.54, 1.807) is 0 Å². The van der Waals surface area contributed by atoms with Gasteiger partial charge in [-0.2, -0.15) is 0 Å². The molecular formula is C13H24N2O2. The Morgan fingerprint density at radius 1 is 1.29 bits per heavy atom. The highest BCUT2D eigenvalue weighted by Gasteiger charge is 2.38. The van der Waals surface area contributed by atoms with Gasteiger partial charge in [0.1, 0.15) is 5.54 Å². The first-order chi connectivity index (χ1) is 8.03. The summed E-state index contributed by atoms with van der Waals surface area (Å²) in [6.07, 6.45) is 4.36. The van der Waals surface area contributed by atoms with Crippen molar-refractivity contribution in [3.8, 4) is 0 Å². The first-order valence-corrected chi connectivity index (χ1v) is 6.64. The van der Waals surface area contributed by atoms with Gasteiger partial charge in [0.2, 0.25) is 11.8 Å². The van der Waals surface area contributed by atoms with E-state index in [4.69, 9.17) is 0 Å². The molecule has 98 valence electrons. The molecule has 0 spiro atoms. The Morgan fingerprint density at radius 2 is 2.00 bits per heavy atom. The van der Waals surface area contributed by atoms with Crippen LogP contribution in [0, 0.1) is 0 Å². The quantitative estimate of drug-likeness (QED) is 0.743. The van der Waals surface area contributed by atoms with Crippen molar-refractivity contribution in [1.82, 2.24) is 10.2 Å². The maximum Gasteiger partial charge on any atom is 0.248 e. The van der Waals surface area contributed by atoms with E-state index in [2.05, 4.69) is 12.2 Å². The molecule has 1 saturated heterocycles. The number of hydrogen-bond acceptors (Lipinski definition) is 2. The van der Waals surface area contributed by atoms with E-state index >= 15 is 0 Å². The summed E-state index contributed by atoms with van der Waals surface area (Å²) in [5, 5.41) is 2.84. The Kier molecular flexibility index (Phi) is 4.97. The van der Waals surface area contributed by atoms with Gasteiger partial charge in [-0.1, -0.05) is 26.7 Å². The first-order valence-electron chi connectivity index (χ1n) is 6.64. The van der Waals surface area contributed by atoms with Crippen LogP contribution >= 0.6 is 0 Å². The van der Waals surface area contributed by atoms with Crippen molar-refractivity contribution in [1.29, 1.82) is 0 Å². The number of nitrogens with one attached hydrogen (secondary N) is 1. The third-order valence-electron chi connectivity index (χ3n) is 3.52. The molecule has 0 aliphatic carbocycles. The van der Waals surface area contributed by atoms with Crippen molar-refractivity contribution in [2.75, 3.05) is 13.1 Å². The van der Waals surface area contributed by atoms with Gasteiger partial charge in [0.05, 0.1) is 0 Å². The third kappa shape index (κ3) is 3.45. The minimum atomic E-state index is -0.709. The predicted octanol–water partition coefficient (Wildman–Crippen LogP) is 1.69. The fourth-order valence-corrected chi connectivity index (χ4v) is 2.12. The Bertz CT molecular complexity index is 291. The summed E-state index contributed by atoms with van der Waals surface area (Å²) in [6.45, 7) is 7.24. The molecule has 0 aromatic rings. The highest BCUT2D eigenvalue weighted by atomic mass is 16.2. The Hall–Kier alpha value is -1.06. The average Bonchev–Trinajstić information content (AvgIpc) is 2.41. The van der Waals surface area contributed by atoms with Crippen LogP contribution in [0.1, 0.15) is 52.9 Å². The molecule has 0 bridgehead atoms. The molecule has 4 nitrogen and oxygen atoms in total. The molecule has 1 N–H and O–H groups in total. The van der Waals surface area contributed by atoms with Crippen LogP contribution in [0.2, 0.25) is 0 Å². The number of hydrogen-bond donors (Lipinski definition) is 1. The molecule has 0 radical (unpaired) electrons. The second kappa shape index (κ2) is 6.03. The fourth-order valence-electron chi connectivity index (χ4n) is 2.12. The number of rotatable bonds is 5. The summed E-state index contributed by atoms with van der Waals surface area (Å²) in [5.41, 5.74) is -0.709. The second-order valence-electron chi connectivity index (χ2n) is 4.98. The number of carbonyl (C=O) groups excluding carboxylic acids is 2. The lowest BCUT2D eigenvalue weighted by Gasteiger charge is -2.31. The van der Waals surface area contributed by atoms with E-state index in [0.29, 0.717) is 19.4 Å². The third-order valence-corrected chi connectivity index (χ3v) is 3.52. The smallest absolute Gasteiger partial charge is 0.248 e. The molecule has 1 atom stereocenters. The van der Waals surface area contributed by atoms with Crippen LogP contribution in [-0.4, -0.2) is 35.3 Å². The maximum absolute atomic E-state index is 12.3. The van der Waals surface area contributed by atoms with Crippen molar-refractivity contribution in [3.63, 3.8) is 0 Å². The molecule has 4 heteroatoms. The normalized spacial score (nSPS) is 25.7.